The number of aliphatic imine (C=N–C) groups is 2. The van der Waals surface area contributed by atoms with Gasteiger partial charge in [-0.1, -0.05) is 60.7 Å². The molecule has 0 aliphatic rings. The van der Waals surface area contributed by atoms with Crippen molar-refractivity contribution in [2.45, 2.75) is 0 Å². The molecule has 0 radical (unpaired) electrons. The van der Waals surface area contributed by atoms with E-state index in [4.69, 9.17) is 12.2 Å². The number of H-pyrrole nitrogens is 1. The Kier molecular flexibility index (Phi) is 7.21. The minimum atomic E-state index is -0.414. The quantitative estimate of drug-likeness (QED) is 0.425. The molecule has 0 bridgehead atoms. The molecule has 118 valence electrons. The zero-order valence-corrected chi connectivity index (χ0v) is 16.4. The number of aromatic amines is 1. The van der Waals surface area contributed by atoms with Gasteiger partial charge >= 0.3 is 29.6 Å². The summed E-state index contributed by atoms with van der Waals surface area (Å²) in [6.07, 6.45) is 3.22. The molecule has 0 amide bonds. The molecule has 25 heavy (non-hydrogen) atoms. The summed E-state index contributed by atoms with van der Waals surface area (Å²) < 4.78 is 0.0823. The maximum Gasteiger partial charge on any atom is 1.00 e. The molecule has 1 N–H and O–H groups in total. The van der Waals surface area contributed by atoms with Crippen molar-refractivity contribution in [3.8, 4) is 5.88 Å². The van der Waals surface area contributed by atoms with Crippen molar-refractivity contribution in [1.29, 1.82) is 0 Å². The standard InChI is InChI=1S/C18H14N4OS.Na/c23-17-15(19-11-13-7-3-1-4-8-13)16(21-18(24)22-17)20-12-14-9-5-2-6-10-14;/h1-12H,(H2,21,22,23,24);/q;+1/p-1. The fourth-order valence-corrected chi connectivity index (χ4v) is 2.17. The third-order valence-electron chi connectivity index (χ3n) is 3.13. The van der Waals surface area contributed by atoms with Crippen LogP contribution in [0.4, 0.5) is 11.5 Å². The molecule has 0 aliphatic heterocycles. The summed E-state index contributed by atoms with van der Waals surface area (Å²) in [4.78, 5) is 15.1. The van der Waals surface area contributed by atoms with Gasteiger partial charge in [-0.15, -0.1) is 0 Å². The zero-order valence-electron chi connectivity index (χ0n) is 13.6. The van der Waals surface area contributed by atoms with E-state index >= 15 is 0 Å². The van der Waals surface area contributed by atoms with E-state index in [0.717, 1.165) is 11.1 Å². The molecule has 0 fully saturated rings. The molecular weight excluding hydrogens is 343 g/mol. The molecule has 0 atom stereocenters. The van der Waals surface area contributed by atoms with Crippen LogP contribution < -0.4 is 34.7 Å². The van der Waals surface area contributed by atoms with Crippen LogP contribution in [-0.4, -0.2) is 22.4 Å². The SMILES string of the molecule is [Na+].[O-]c1[nH]c(=S)nc(N=Cc2ccccc2)c1N=Cc1ccccc1. The Bertz CT molecular complexity index is 940. The fourth-order valence-electron chi connectivity index (χ4n) is 1.99. The monoisotopic (exact) mass is 356 g/mol. The molecule has 7 heteroatoms. The summed E-state index contributed by atoms with van der Waals surface area (Å²) in [5, 5.41) is 12.1. The molecule has 1 heterocycles. The summed E-state index contributed by atoms with van der Waals surface area (Å²) >= 11 is 4.96. The van der Waals surface area contributed by atoms with Crippen LogP contribution in [0.5, 0.6) is 5.88 Å². The maximum atomic E-state index is 12.1. The van der Waals surface area contributed by atoms with Crippen molar-refractivity contribution in [1.82, 2.24) is 9.97 Å². The van der Waals surface area contributed by atoms with Gasteiger partial charge in [0.05, 0.1) is 0 Å². The van der Waals surface area contributed by atoms with Crippen molar-refractivity contribution in [3.63, 3.8) is 0 Å². The van der Waals surface area contributed by atoms with E-state index in [1.807, 2.05) is 60.7 Å². The summed E-state index contributed by atoms with van der Waals surface area (Å²) in [5.74, 6) is -0.220. The van der Waals surface area contributed by atoms with E-state index in [2.05, 4.69) is 20.0 Å². The van der Waals surface area contributed by atoms with Crippen LogP contribution in [0.3, 0.4) is 0 Å². The molecular formula is C18H13N4NaOS. The largest absolute Gasteiger partial charge is 1.00 e. The average molecular weight is 356 g/mol. The minimum Gasteiger partial charge on any atom is -0.859 e. The second-order valence-corrected chi connectivity index (χ2v) is 5.27. The Labute approximate surface area is 172 Å². The maximum absolute atomic E-state index is 12.1. The van der Waals surface area contributed by atoms with Crippen molar-refractivity contribution >= 4 is 36.2 Å². The Morgan fingerprint density at radius 2 is 1.40 bits per heavy atom. The predicted octanol–water partition coefficient (Wildman–Crippen LogP) is 0.718. The van der Waals surface area contributed by atoms with Crippen molar-refractivity contribution < 1.29 is 34.7 Å². The molecule has 5 nitrogen and oxygen atoms in total. The van der Waals surface area contributed by atoms with E-state index in [9.17, 15) is 5.11 Å². The zero-order chi connectivity index (χ0) is 16.8. The van der Waals surface area contributed by atoms with Crippen LogP contribution in [0.1, 0.15) is 11.1 Å². The third-order valence-corrected chi connectivity index (χ3v) is 3.33. The van der Waals surface area contributed by atoms with Gasteiger partial charge in [-0.3, -0.25) is 4.99 Å². The van der Waals surface area contributed by atoms with Gasteiger partial charge < -0.3 is 10.1 Å². The molecule has 1 aromatic heterocycles. The number of hydrogen-bond acceptors (Lipinski definition) is 5. The normalized spacial score (nSPS) is 10.9. The second-order valence-electron chi connectivity index (χ2n) is 4.88. The average Bonchev–Trinajstić information content (AvgIpc) is 2.61. The Morgan fingerprint density at radius 3 is 1.96 bits per heavy atom. The molecule has 0 spiro atoms. The van der Waals surface area contributed by atoms with Crippen LogP contribution >= 0.6 is 12.2 Å². The molecule has 0 unspecified atom stereocenters. The van der Waals surface area contributed by atoms with Gasteiger partial charge in [0.15, 0.2) is 10.6 Å². The Balaban J connectivity index is 0.00000225. The van der Waals surface area contributed by atoms with Crippen LogP contribution in [0, 0.1) is 4.77 Å². The van der Waals surface area contributed by atoms with Crippen molar-refractivity contribution in [2.24, 2.45) is 9.98 Å². The first kappa shape index (κ1) is 19.2. The molecule has 0 saturated heterocycles. The van der Waals surface area contributed by atoms with E-state index in [0.29, 0.717) is 0 Å². The predicted molar refractivity (Wildman–Crippen MR) is 96.3 cm³/mol. The molecule has 3 aromatic rings. The van der Waals surface area contributed by atoms with Gasteiger partial charge in [0.2, 0.25) is 0 Å². The van der Waals surface area contributed by atoms with Crippen molar-refractivity contribution in [2.75, 3.05) is 0 Å². The van der Waals surface area contributed by atoms with E-state index < -0.39 is 5.88 Å². The van der Waals surface area contributed by atoms with E-state index in [1.165, 1.54) is 0 Å². The first-order valence-electron chi connectivity index (χ1n) is 7.22. The van der Waals surface area contributed by atoms with Gasteiger partial charge in [0, 0.05) is 12.4 Å². The van der Waals surface area contributed by atoms with Gasteiger partial charge in [0.25, 0.3) is 0 Å². The van der Waals surface area contributed by atoms with E-state index in [1.54, 1.807) is 12.4 Å². The third kappa shape index (κ3) is 5.44. The Hall–Kier alpha value is -2.12. The summed E-state index contributed by atoms with van der Waals surface area (Å²) in [6.45, 7) is 0. The van der Waals surface area contributed by atoms with Gasteiger partial charge in [-0.05, 0) is 29.2 Å². The number of benzene rings is 2. The summed E-state index contributed by atoms with van der Waals surface area (Å²) in [5.41, 5.74) is 1.89. The van der Waals surface area contributed by atoms with Gasteiger partial charge in [-0.2, -0.15) is 4.98 Å². The summed E-state index contributed by atoms with van der Waals surface area (Å²) in [7, 11) is 0. The van der Waals surface area contributed by atoms with Crippen LogP contribution in [0.25, 0.3) is 0 Å². The molecule has 0 saturated carbocycles. The molecule has 3 rings (SSSR count). The smallest absolute Gasteiger partial charge is 0.859 e. The number of aromatic nitrogens is 2. The number of hydrogen-bond donors (Lipinski definition) is 1. The Morgan fingerprint density at radius 1 is 0.880 bits per heavy atom. The number of rotatable bonds is 4. The van der Waals surface area contributed by atoms with Gasteiger partial charge in [-0.25, -0.2) is 4.99 Å². The first-order chi connectivity index (χ1) is 11.7. The number of nitrogens with zero attached hydrogens (tertiary/aromatic N) is 3. The second kappa shape index (κ2) is 9.39. The van der Waals surface area contributed by atoms with E-state index in [-0.39, 0.29) is 45.8 Å². The number of nitrogens with one attached hydrogen (secondary N) is 1. The molecule has 0 aliphatic carbocycles. The van der Waals surface area contributed by atoms with Gasteiger partial charge in [0.1, 0.15) is 5.69 Å². The van der Waals surface area contributed by atoms with Crippen LogP contribution in [0.2, 0.25) is 0 Å². The fraction of sp³-hybridized carbons (Fsp3) is 0. The summed E-state index contributed by atoms with van der Waals surface area (Å²) in [6, 6.07) is 19.0. The first-order valence-corrected chi connectivity index (χ1v) is 7.63. The minimum absolute atomic E-state index is 0. The van der Waals surface area contributed by atoms with Crippen molar-refractivity contribution in [3.05, 3.63) is 76.6 Å². The topological polar surface area (TPSA) is 76.5 Å². The molecule has 2 aromatic carbocycles. The van der Waals surface area contributed by atoms with Crippen LogP contribution in [-0.2, 0) is 0 Å². The van der Waals surface area contributed by atoms with Crippen LogP contribution in [0.15, 0.2) is 70.6 Å².